The van der Waals surface area contributed by atoms with Gasteiger partial charge in [-0.3, -0.25) is 9.59 Å². The van der Waals surface area contributed by atoms with Gasteiger partial charge < -0.3 is 20.1 Å². The fourth-order valence-corrected chi connectivity index (χ4v) is 4.75. The van der Waals surface area contributed by atoms with E-state index in [1.165, 1.54) is 16.7 Å². The number of nitrogens with zero attached hydrogens (tertiary/aromatic N) is 1. The van der Waals surface area contributed by atoms with Crippen molar-refractivity contribution in [2.24, 2.45) is 0 Å². The maximum absolute atomic E-state index is 12.2. The van der Waals surface area contributed by atoms with Crippen LogP contribution in [-0.2, 0) is 20.8 Å². The molecule has 3 rings (SSSR count). The number of carbonyl (C=O) groups is 3. The zero-order chi connectivity index (χ0) is 16.8. The molecule has 3 atom stereocenters. The summed E-state index contributed by atoms with van der Waals surface area (Å²) in [5, 5.41) is 13.7. The molecule has 0 aromatic heterocycles. The van der Waals surface area contributed by atoms with Crippen LogP contribution in [0.15, 0.2) is 30.3 Å². The van der Waals surface area contributed by atoms with E-state index in [4.69, 9.17) is 0 Å². The van der Waals surface area contributed by atoms with Gasteiger partial charge in [-0.25, -0.2) is 0 Å². The fourth-order valence-electron chi connectivity index (χ4n) is 3.13. The van der Waals surface area contributed by atoms with Crippen molar-refractivity contribution in [3.05, 3.63) is 35.9 Å². The zero-order valence-electron chi connectivity index (χ0n) is 13.8. The molecule has 1 N–H and O–H groups in total. The molecule has 2 heterocycles. The number of carbonyl (C=O) groups excluding carboxylic acids is 3. The van der Waals surface area contributed by atoms with Crippen LogP contribution in [0.4, 0.5) is 0 Å². The molecule has 0 aliphatic carbocycles. The first-order valence-electron chi connectivity index (χ1n) is 7.35. The number of aliphatic carboxylic acids is 1. The number of benzene rings is 1. The Kier molecular flexibility index (Phi) is 6.20. The van der Waals surface area contributed by atoms with E-state index in [1.54, 1.807) is 13.8 Å². The van der Waals surface area contributed by atoms with Crippen LogP contribution in [0.3, 0.4) is 0 Å². The van der Waals surface area contributed by atoms with Gasteiger partial charge in [0.25, 0.3) is 0 Å². The van der Waals surface area contributed by atoms with Gasteiger partial charge in [-0.05, 0) is 19.4 Å². The smallest absolute Gasteiger partial charge is 0.548 e. The summed E-state index contributed by atoms with van der Waals surface area (Å²) < 4.78 is -0.641. The number of carboxylic acids is 1. The van der Waals surface area contributed by atoms with Crippen LogP contribution >= 0.6 is 11.8 Å². The van der Waals surface area contributed by atoms with E-state index < -0.39 is 22.8 Å². The Hall–Kier alpha value is -0.384. The third-order valence-electron chi connectivity index (χ3n) is 4.19. The summed E-state index contributed by atoms with van der Waals surface area (Å²) in [5.41, 5.74) is 0.862. The molecule has 0 bridgehead atoms. The van der Waals surface area contributed by atoms with Crippen molar-refractivity contribution < 1.29 is 70.9 Å². The van der Waals surface area contributed by atoms with Crippen LogP contribution in [0.5, 0.6) is 0 Å². The second-order valence-electron chi connectivity index (χ2n) is 6.29. The fraction of sp³-hybridized carbons (Fsp3) is 0.438. The molecule has 2 unspecified atom stereocenters. The molecule has 0 saturated carbocycles. The van der Waals surface area contributed by atoms with E-state index in [0.717, 1.165) is 5.56 Å². The number of nitrogens with one attached hydrogen (secondary N) is 1. The number of thioether (sulfide) groups is 1. The van der Waals surface area contributed by atoms with E-state index in [9.17, 15) is 19.5 Å². The molecule has 2 aliphatic rings. The summed E-state index contributed by atoms with van der Waals surface area (Å²) in [4.78, 5) is 37.0. The molecule has 0 spiro atoms. The average molecular weight is 372 g/mol. The van der Waals surface area contributed by atoms with Crippen LogP contribution < -0.4 is 61.8 Å². The molecule has 2 saturated heterocycles. The van der Waals surface area contributed by atoms with Gasteiger partial charge in [-0.15, -0.1) is 11.8 Å². The van der Waals surface area contributed by atoms with E-state index in [1.807, 2.05) is 30.3 Å². The molecule has 0 radical (unpaired) electrons. The van der Waals surface area contributed by atoms with Crippen LogP contribution in [0, 0.1) is 0 Å². The maximum Gasteiger partial charge on any atom is 1.00 e. The number of amides is 2. The molecule has 2 amide bonds. The van der Waals surface area contributed by atoms with Crippen LogP contribution in [0.25, 0.3) is 0 Å². The summed E-state index contributed by atoms with van der Waals surface area (Å²) in [5.74, 6) is -1.86. The normalized spacial score (nSPS) is 26.8. The molecule has 1 aromatic carbocycles. The van der Waals surface area contributed by atoms with Crippen molar-refractivity contribution in [1.29, 1.82) is 0 Å². The molecular formula is C16H17KN2O4S. The van der Waals surface area contributed by atoms with Crippen LogP contribution in [0.2, 0.25) is 0 Å². The number of carboxylic acid groups (broad SMARTS) is 1. The molecule has 24 heavy (non-hydrogen) atoms. The van der Waals surface area contributed by atoms with Gasteiger partial charge in [-0.1, -0.05) is 30.3 Å². The quantitative estimate of drug-likeness (QED) is 0.438. The molecule has 6 nitrogen and oxygen atoms in total. The van der Waals surface area contributed by atoms with Crippen molar-refractivity contribution in [2.45, 2.75) is 42.5 Å². The Morgan fingerprint density at radius 3 is 2.50 bits per heavy atom. The predicted molar refractivity (Wildman–Crippen MR) is 83.2 cm³/mol. The summed E-state index contributed by atoms with van der Waals surface area (Å²) in [6.45, 7) is 3.54. The van der Waals surface area contributed by atoms with Crippen molar-refractivity contribution >= 4 is 29.5 Å². The Morgan fingerprint density at radius 2 is 1.92 bits per heavy atom. The second kappa shape index (κ2) is 7.47. The van der Waals surface area contributed by atoms with Gasteiger partial charge in [0, 0.05) is 4.75 Å². The molecule has 8 heteroatoms. The molecule has 2 fully saturated rings. The van der Waals surface area contributed by atoms with Crippen molar-refractivity contribution in [3.63, 3.8) is 0 Å². The first kappa shape index (κ1) is 19.9. The number of hydrogen-bond acceptors (Lipinski definition) is 5. The van der Waals surface area contributed by atoms with Gasteiger partial charge in [-0.2, -0.15) is 0 Å². The summed E-state index contributed by atoms with van der Waals surface area (Å²) in [6, 6.07) is 7.61. The van der Waals surface area contributed by atoms with Gasteiger partial charge in [0.2, 0.25) is 11.8 Å². The van der Waals surface area contributed by atoms with E-state index in [0.29, 0.717) is 0 Å². The van der Waals surface area contributed by atoms with E-state index >= 15 is 0 Å². The zero-order valence-corrected chi connectivity index (χ0v) is 17.8. The molecular weight excluding hydrogens is 355 g/mol. The first-order valence-corrected chi connectivity index (χ1v) is 8.23. The van der Waals surface area contributed by atoms with Gasteiger partial charge in [0.15, 0.2) is 0 Å². The average Bonchev–Trinajstić information content (AvgIpc) is 2.74. The third-order valence-corrected chi connectivity index (χ3v) is 5.76. The minimum absolute atomic E-state index is 0. The van der Waals surface area contributed by atoms with Gasteiger partial charge in [0.1, 0.15) is 11.4 Å². The topological polar surface area (TPSA) is 89.5 Å². The Morgan fingerprint density at radius 1 is 1.29 bits per heavy atom. The van der Waals surface area contributed by atoms with Crippen molar-refractivity contribution in [2.75, 3.05) is 0 Å². The molecule has 2 aliphatic heterocycles. The Balaban J connectivity index is 0.00000208. The van der Waals surface area contributed by atoms with Crippen molar-refractivity contribution in [3.8, 4) is 0 Å². The summed E-state index contributed by atoms with van der Waals surface area (Å²) in [7, 11) is 0. The third kappa shape index (κ3) is 3.59. The number of hydrogen-bond donors (Lipinski definition) is 1. The van der Waals surface area contributed by atoms with Gasteiger partial charge in [0.05, 0.1) is 18.4 Å². The number of fused-ring (bicyclic) bond motifs is 1. The minimum Gasteiger partial charge on any atom is -0.548 e. The number of rotatable bonds is 4. The summed E-state index contributed by atoms with van der Waals surface area (Å²) in [6.07, 6.45) is 0.190. The molecule has 122 valence electrons. The van der Waals surface area contributed by atoms with Gasteiger partial charge >= 0.3 is 51.4 Å². The molecule has 1 aromatic rings. The minimum atomic E-state index is -1.26. The largest absolute Gasteiger partial charge is 1.00 e. The monoisotopic (exact) mass is 372 g/mol. The van der Waals surface area contributed by atoms with Crippen LogP contribution in [0.1, 0.15) is 19.4 Å². The Labute approximate surface area is 187 Å². The van der Waals surface area contributed by atoms with E-state index in [-0.39, 0.29) is 75.0 Å². The van der Waals surface area contributed by atoms with Crippen LogP contribution in [-0.4, -0.2) is 44.9 Å². The first-order chi connectivity index (χ1) is 10.8. The van der Waals surface area contributed by atoms with E-state index in [2.05, 4.69) is 5.32 Å². The SMILES string of the molecule is CC1(C)S[C@@H]2C(NC(=O)Cc3ccccc3)C(=O)N2C1C(=O)[O-].[K+]. The maximum atomic E-state index is 12.2. The summed E-state index contributed by atoms with van der Waals surface area (Å²) >= 11 is 1.38. The second-order valence-corrected chi connectivity index (χ2v) is 8.06. The van der Waals surface area contributed by atoms with Crippen molar-refractivity contribution in [1.82, 2.24) is 10.2 Å². The Bertz CT molecular complexity index is 667. The predicted octanol–water partition coefficient (Wildman–Crippen LogP) is -3.47. The standard InChI is InChI=1S/C16H18N2O4S.K/c1-16(2)12(15(21)22)18-13(20)11(14(18)23-16)17-10(19)8-9-6-4-3-5-7-9;/h3-7,11-12,14H,8H2,1-2H3,(H,17,19)(H,21,22);/q;+1/p-1/t11?,12?,14-;/m1./s1. The number of β-lactam (4-membered cyclic amide) rings is 1.